The number of rotatable bonds is 13. The standard InChI is InChI=1S/C19H36ClN7O/c1-8-10-13(21)14(12(3)20)18(28)26-11-19(4,9-2)27-17(25-7)15(23-5)16(22)24-6/h8,16,23-25,27H,1,3,9-11,21-22H2,2,4-7H3,(H,26,28)/b14-13-,17-15-/t16?,19-/m1/s1. The number of likely N-dealkylation sites (N-methyl/N-ethyl adjacent to an activating group) is 2. The molecule has 0 aromatic carbocycles. The van der Waals surface area contributed by atoms with Gasteiger partial charge in [-0.3, -0.25) is 4.79 Å². The first kappa shape index (κ1) is 25.8. The van der Waals surface area contributed by atoms with Gasteiger partial charge in [0.15, 0.2) is 0 Å². The van der Waals surface area contributed by atoms with E-state index in [1.807, 2.05) is 13.8 Å². The van der Waals surface area contributed by atoms with Crippen LogP contribution in [0.5, 0.6) is 0 Å². The highest BCUT2D eigenvalue weighted by Gasteiger charge is 2.27. The molecule has 0 rings (SSSR count). The molecule has 0 aromatic heterocycles. The molecule has 2 atom stereocenters. The van der Waals surface area contributed by atoms with E-state index in [1.54, 1.807) is 27.2 Å². The van der Waals surface area contributed by atoms with Crippen molar-refractivity contribution in [1.29, 1.82) is 0 Å². The van der Waals surface area contributed by atoms with Crippen LogP contribution in [-0.4, -0.2) is 45.3 Å². The lowest BCUT2D eigenvalue weighted by Gasteiger charge is -2.34. The minimum atomic E-state index is -0.463. The predicted molar refractivity (Wildman–Crippen MR) is 118 cm³/mol. The maximum absolute atomic E-state index is 12.6. The highest BCUT2D eigenvalue weighted by molar-refractivity contribution is 6.35. The SMILES string of the molecule is C=CC/C(N)=C(\C(=C)Cl)C(=O)NC[C@@](C)(CC)N/C(NC)=C(\NC)C(N)NC. The van der Waals surface area contributed by atoms with Gasteiger partial charge in [0, 0.05) is 37.8 Å². The van der Waals surface area contributed by atoms with Crippen molar-refractivity contribution in [2.24, 2.45) is 11.5 Å². The number of nitrogens with one attached hydrogen (secondary N) is 5. The van der Waals surface area contributed by atoms with Crippen molar-refractivity contribution < 1.29 is 4.79 Å². The second-order valence-corrected chi connectivity index (χ2v) is 7.03. The smallest absolute Gasteiger partial charge is 0.254 e. The quantitative estimate of drug-likeness (QED) is 0.101. The highest BCUT2D eigenvalue weighted by atomic mass is 35.5. The highest BCUT2D eigenvalue weighted by Crippen LogP contribution is 2.18. The molecule has 160 valence electrons. The molecule has 0 saturated heterocycles. The predicted octanol–water partition coefficient (Wildman–Crippen LogP) is 0.514. The first-order valence-electron chi connectivity index (χ1n) is 9.13. The van der Waals surface area contributed by atoms with Gasteiger partial charge in [0.2, 0.25) is 0 Å². The molecule has 9 N–H and O–H groups in total. The summed E-state index contributed by atoms with van der Waals surface area (Å²) in [5.41, 5.74) is 12.8. The normalized spacial score (nSPS) is 16.0. The Labute approximate surface area is 173 Å². The van der Waals surface area contributed by atoms with Gasteiger partial charge in [-0.25, -0.2) is 0 Å². The number of allylic oxidation sites excluding steroid dienone is 1. The van der Waals surface area contributed by atoms with Crippen LogP contribution in [0, 0.1) is 0 Å². The molecule has 0 heterocycles. The van der Waals surface area contributed by atoms with E-state index in [2.05, 4.69) is 39.7 Å². The summed E-state index contributed by atoms with van der Waals surface area (Å²) in [5.74, 6) is 0.350. The summed E-state index contributed by atoms with van der Waals surface area (Å²) in [5, 5.41) is 15.6. The first-order valence-corrected chi connectivity index (χ1v) is 9.51. The van der Waals surface area contributed by atoms with Gasteiger partial charge < -0.3 is 38.1 Å². The van der Waals surface area contributed by atoms with Crippen molar-refractivity contribution in [2.45, 2.75) is 38.4 Å². The molecule has 9 heteroatoms. The van der Waals surface area contributed by atoms with Gasteiger partial charge in [-0.1, -0.05) is 31.2 Å². The van der Waals surface area contributed by atoms with Gasteiger partial charge >= 0.3 is 0 Å². The van der Waals surface area contributed by atoms with E-state index in [9.17, 15) is 4.79 Å². The molecule has 0 aliphatic heterocycles. The van der Waals surface area contributed by atoms with Gasteiger partial charge in [0.25, 0.3) is 5.91 Å². The number of nitrogens with two attached hydrogens (primary N) is 2. The minimum Gasteiger partial charge on any atom is -0.401 e. The van der Waals surface area contributed by atoms with E-state index in [1.165, 1.54) is 0 Å². The van der Waals surface area contributed by atoms with Gasteiger partial charge in [-0.2, -0.15) is 0 Å². The fraction of sp³-hybridized carbons (Fsp3) is 0.526. The number of hydrogen-bond donors (Lipinski definition) is 7. The molecule has 0 radical (unpaired) electrons. The Hall–Kier alpha value is -2.16. The topological polar surface area (TPSA) is 129 Å². The summed E-state index contributed by atoms with van der Waals surface area (Å²) in [7, 11) is 5.36. The molecule has 0 bridgehead atoms. The Morgan fingerprint density at radius 3 is 2.29 bits per heavy atom. The zero-order valence-electron chi connectivity index (χ0n) is 17.6. The molecule has 8 nitrogen and oxygen atoms in total. The van der Waals surface area contributed by atoms with E-state index in [-0.39, 0.29) is 22.7 Å². The number of carbonyl (C=O) groups excluding carboxylic acids is 1. The van der Waals surface area contributed by atoms with Crippen LogP contribution in [0.4, 0.5) is 0 Å². The largest absolute Gasteiger partial charge is 0.401 e. The van der Waals surface area contributed by atoms with Crippen molar-refractivity contribution in [3.8, 4) is 0 Å². The number of carbonyl (C=O) groups is 1. The fourth-order valence-electron chi connectivity index (χ4n) is 2.47. The second kappa shape index (κ2) is 12.3. The van der Waals surface area contributed by atoms with E-state index >= 15 is 0 Å². The van der Waals surface area contributed by atoms with Crippen LogP contribution in [0.3, 0.4) is 0 Å². The van der Waals surface area contributed by atoms with Crippen LogP contribution >= 0.6 is 11.6 Å². The zero-order chi connectivity index (χ0) is 21.9. The molecule has 1 amide bonds. The van der Waals surface area contributed by atoms with Crippen molar-refractivity contribution in [3.63, 3.8) is 0 Å². The molecule has 0 saturated carbocycles. The molecule has 0 aromatic rings. The number of hydrogen-bond acceptors (Lipinski definition) is 7. The number of amides is 1. The molecule has 0 aliphatic rings. The first-order chi connectivity index (χ1) is 13.1. The van der Waals surface area contributed by atoms with Crippen molar-refractivity contribution in [2.75, 3.05) is 27.7 Å². The summed E-state index contributed by atoms with van der Waals surface area (Å²) < 4.78 is 0. The van der Waals surface area contributed by atoms with Crippen molar-refractivity contribution >= 4 is 17.5 Å². The van der Waals surface area contributed by atoms with Crippen LogP contribution < -0.4 is 38.1 Å². The lowest BCUT2D eigenvalue weighted by Crippen LogP contribution is -2.54. The van der Waals surface area contributed by atoms with Gasteiger partial charge in [-0.05, 0) is 20.4 Å². The maximum atomic E-state index is 12.6. The lowest BCUT2D eigenvalue weighted by molar-refractivity contribution is -0.117. The van der Waals surface area contributed by atoms with Crippen molar-refractivity contribution in [1.82, 2.24) is 26.6 Å². The average Bonchev–Trinajstić information content (AvgIpc) is 2.65. The number of halogens is 1. The molecule has 1 unspecified atom stereocenters. The maximum Gasteiger partial charge on any atom is 0.254 e. The van der Waals surface area contributed by atoms with Gasteiger partial charge in [0.1, 0.15) is 5.82 Å². The Morgan fingerprint density at radius 1 is 1.29 bits per heavy atom. The second-order valence-electron chi connectivity index (χ2n) is 6.57. The van der Waals surface area contributed by atoms with E-state index in [0.717, 1.165) is 17.9 Å². The van der Waals surface area contributed by atoms with Crippen LogP contribution in [0.15, 0.2) is 47.1 Å². The molecule has 28 heavy (non-hydrogen) atoms. The van der Waals surface area contributed by atoms with Crippen LogP contribution in [0.25, 0.3) is 0 Å². The average molecular weight is 414 g/mol. The van der Waals surface area contributed by atoms with Crippen LogP contribution in [0.2, 0.25) is 0 Å². The monoisotopic (exact) mass is 413 g/mol. The Bertz CT molecular complexity index is 630. The third kappa shape index (κ3) is 7.46. The van der Waals surface area contributed by atoms with Gasteiger partial charge in [-0.15, -0.1) is 6.58 Å². The zero-order valence-corrected chi connectivity index (χ0v) is 18.4. The summed E-state index contributed by atoms with van der Waals surface area (Å²) in [6, 6.07) is 0. The molecular weight excluding hydrogens is 378 g/mol. The van der Waals surface area contributed by atoms with E-state index in [4.69, 9.17) is 23.1 Å². The summed E-state index contributed by atoms with van der Waals surface area (Å²) >= 11 is 5.98. The Kier molecular flexibility index (Phi) is 11.4. The third-order valence-corrected chi connectivity index (χ3v) is 4.63. The molecular formula is C19H36ClN7O. The summed E-state index contributed by atoms with van der Waals surface area (Å²) in [4.78, 5) is 12.6. The van der Waals surface area contributed by atoms with Gasteiger partial charge in [0.05, 0.1) is 23.0 Å². The van der Waals surface area contributed by atoms with E-state index in [0.29, 0.717) is 18.7 Å². The fourth-order valence-corrected chi connectivity index (χ4v) is 2.68. The third-order valence-electron chi connectivity index (χ3n) is 4.44. The van der Waals surface area contributed by atoms with Crippen molar-refractivity contribution in [3.05, 3.63) is 47.1 Å². The Morgan fingerprint density at radius 2 is 1.89 bits per heavy atom. The van der Waals surface area contributed by atoms with E-state index < -0.39 is 5.54 Å². The lowest BCUT2D eigenvalue weighted by atomic mass is 9.98. The van der Waals surface area contributed by atoms with Crippen LogP contribution in [-0.2, 0) is 4.79 Å². The molecule has 0 aliphatic carbocycles. The van der Waals surface area contributed by atoms with Crippen LogP contribution in [0.1, 0.15) is 26.7 Å². The summed E-state index contributed by atoms with van der Waals surface area (Å²) in [6.07, 6.45) is 2.29. The molecule has 0 spiro atoms. The molecule has 0 fully saturated rings. The Balaban J connectivity index is 5.53. The minimum absolute atomic E-state index is 0.0938. The summed E-state index contributed by atoms with van der Waals surface area (Å²) in [6.45, 7) is 11.6.